The van der Waals surface area contributed by atoms with Crippen LogP contribution in [0.3, 0.4) is 0 Å². The molecule has 2 N–H and O–H groups in total. The molecule has 0 saturated heterocycles. The van der Waals surface area contributed by atoms with Gasteiger partial charge in [0.1, 0.15) is 17.3 Å². The Kier molecular flexibility index (Phi) is 4.42. The van der Waals surface area contributed by atoms with Gasteiger partial charge in [0, 0.05) is 6.20 Å². The Morgan fingerprint density at radius 2 is 2.04 bits per heavy atom. The molecule has 0 radical (unpaired) electrons. The van der Waals surface area contributed by atoms with E-state index in [1.165, 1.54) is 14.2 Å². The van der Waals surface area contributed by atoms with Crippen LogP contribution in [0, 0.1) is 0 Å². The van der Waals surface area contributed by atoms with Gasteiger partial charge in [0.25, 0.3) is 5.91 Å². The smallest absolute Gasteiger partial charge is 0.260 e. The number of amides is 1. The number of hydrogen-bond acceptors (Lipinski definition) is 5. The maximum Gasteiger partial charge on any atom is 0.260 e. The molecule has 0 unspecified atom stereocenters. The molecule has 1 amide bonds. The quantitative estimate of drug-likeness (QED) is 0.753. The van der Waals surface area contributed by atoms with E-state index in [1.807, 2.05) is 18.2 Å². The van der Waals surface area contributed by atoms with Crippen LogP contribution in [0.5, 0.6) is 11.5 Å². The first-order chi connectivity index (χ1) is 11.7. The molecule has 0 aliphatic carbocycles. The highest BCUT2D eigenvalue weighted by atomic mass is 16.5. The highest BCUT2D eigenvalue weighted by molar-refractivity contribution is 6.07. The second-order valence-corrected chi connectivity index (χ2v) is 4.89. The molecule has 3 aromatic rings. The van der Waals surface area contributed by atoms with Crippen LogP contribution >= 0.6 is 0 Å². The van der Waals surface area contributed by atoms with Crippen LogP contribution < -0.4 is 14.8 Å². The lowest BCUT2D eigenvalue weighted by atomic mass is 10.1. The summed E-state index contributed by atoms with van der Waals surface area (Å²) >= 11 is 0. The molecule has 0 aliphatic heterocycles. The Morgan fingerprint density at radius 1 is 1.17 bits per heavy atom. The zero-order valence-corrected chi connectivity index (χ0v) is 13.2. The van der Waals surface area contributed by atoms with Crippen molar-refractivity contribution in [1.82, 2.24) is 15.2 Å². The minimum absolute atomic E-state index is 0.341. The third-order valence-corrected chi connectivity index (χ3v) is 3.47. The van der Waals surface area contributed by atoms with Gasteiger partial charge in [0.2, 0.25) is 0 Å². The van der Waals surface area contributed by atoms with Crippen LogP contribution in [0.25, 0.3) is 11.3 Å². The fraction of sp³-hybridized carbons (Fsp3) is 0.118. The maximum atomic E-state index is 12.6. The first kappa shape index (κ1) is 15.5. The van der Waals surface area contributed by atoms with Gasteiger partial charge in [-0.15, -0.1) is 0 Å². The molecule has 24 heavy (non-hydrogen) atoms. The van der Waals surface area contributed by atoms with Crippen molar-refractivity contribution in [2.75, 3.05) is 19.5 Å². The molecule has 2 heterocycles. The Bertz CT molecular complexity index is 846. The molecule has 7 nitrogen and oxygen atoms in total. The molecule has 0 aliphatic rings. The summed E-state index contributed by atoms with van der Waals surface area (Å²) in [6.07, 6.45) is 3.29. The molecular weight excluding hydrogens is 308 g/mol. The molecule has 0 saturated carbocycles. The minimum Gasteiger partial charge on any atom is -0.497 e. The SMILES string of the molecule is COc1ccc(OC)c(C(=O)Nc2[nH]ncc2-c2ccccn2)c1. The monoisotopic (exact) mass is 324 g/mol. The number of ether oxygens (including phenoxy) is 2. The van der Waals surface area contributed by atoms with Gasteiger partial charge >= 0.3 is 0 Å². The fourth-order valence-corrected chi connectivity index (χ4v) is 2.27. The molecule has 0 spiro atoms. The third kappa shape index (κ3) is 3.05. The maximum absolute atomic E-state index is 12.6. The van der Waals surface area contributed by atoms with Crippen LogP contribution in [0.15, 0.2) is 48.8 Å². The van der Waals surface area contributed by atoms with Crippen LogP contribution in [0.4, 0.5) is 5.82 Å². The van der Waals surface area contributed by atoms with Crippen molar-refractivity contribution >= 4 is 11.7 Å². The third-order valence-electron chi connectivity index (χ3n) is 3.47. The number of nitrogens with zero attached hydrogens (tertiary/aromatic N) is 2. The number of H-pyrrole nitrogens is 1. The number of hydrogen-bond donors (Lipinski definition) is 2. The van der Waals surface area contributed by atoms with Crippen molar-refractivity contribution < 1.29 is 14.3 Å². The topological polar surface area (TPSA) is 89.1 Å². The molecule has 0 atom stereocenters. The van der Waals surface area contributed by atoms with Crippen molar-refractivity contribution in [2.45, 2.75) is 0 Å². The largest absolute Gasteiger partial charge is 0.497 e. The van der Waals surface area contributed by atoms with E-state index >= 15 is 0 Å². The molecule has 0 bridgehead atoms. The lowest BCUT2D eigenvalue weighted by Gasteiger charge is -2.11. The fourth-order valence-electron chi connectivity index (χ4n) is 2.27. The summed E-state index contributed by atoms with van der Waals surface area (Å²) in [6, 6.07) is 10.6. The van der Waals surface area contributed by atoms with E-state index < -0.39 is 0 Å². The first-order valence-corrected chi connectivity index (χ1v) is 7.21. The van der Waals surface area contributed by atoms with E-state index in [9.17, 15) is 4.79 Å². The number of aromatic nitrogens is 3. The lowest BCUT2D eigenvalue weighted by molar-refractivity contribution is 0.102. The summed E-state index contributed by atoms with van der Waals surface area (Å²) in [5, 5.41) is 9.56. The van der Waals surface area contributed by atoms with Crippen LogP contribution in [-0.4, -0.2) is 35.3 Å². The normalized spacial score (nSPS) is 10.2. The molecular formula is C17H16N4O3. The average Bonchev–Trinajstić information content (AvgIpc) is 3.09. The van der Waals surface area contributed by atoms with Gasteiger partial charge in [0.05, 0.1) is 37.2 Å². The van der Waals surface area contributed by atoms with E-state index in [4.69, 9.17) is 9.47 Å². The van der Waals surface area contributed by atoms with Gasteiger partial charge in [-0.25, -0.2) is 0 Å². The van der Waals surface area contributed by atoms with Crippen LogP contribution in [-0.2, 0) is 0 Å². The van der Waals surface area contributed by atoms with E-state index in [-0.39, 0.29) is 5.91 Å². The van der Waals surface area contributed by atoms with E-state index in [2.05, 4.69) is 20.5 Å². The zero-order chi connectivity index (χ0) is 16.9. The number of methoxy groups -OCH3 is 2. The number of benzene rings is 1. The highest BCUT2D eigenvalue weighted by Crippen LogP contribution is 2.27. The Labute approximate surface area is 138 Å². The number of rotatable bonds is 5. The van der Waals surface area contributed by atoms with E-state index in [1.54, 1.807) is 30.6 Å². The summed E-state index contributed by atoms with van der Waals surface area (Å²) in [6.45, 7) is 0. The minimum atomic E-state index is -0.341. The molecule has 3 rings (SSSR count). The number of nitrogens with one attached hydrogen (secondary N) is 2. The zero-order valence-electron chi connectivity index (χ0n) is 13.2. The predicted molar refractivity (Wildman–Crippen MR) is 89.3 cm³/mol. The average molecular weight is 324 g/mol. The van der Waals surface area contributed by atoms with E-state index in [0.717, 1.165) is 0 Å². The number of carbonyl (C=O) groups excluding carboxylic acids is 1. The van der Waals surface area contributed by atoms with Crippen molar-refractivity contribution in [3.63, 3.8) is 0 Å². The van der Waals surface area contributed by atoms with Crippen molar-refractivity contribution in [3.05, 3.63) is 54.4 Å². The molecule has 7 heteroatoms. The number of anilines is 1. The number of carbonyl (C=O) groups is 1. The molecule has 0 fully saturated rings. The standard InChI is InChI=1S/C17H16N4O3/c1-23-11-6-7-15(24-2)12(9-11)17(22)20-16-13(10-19-21-16)14-5-3-4-8-18-14/h3-10H,1-2H3,(H2,19,20,21,22). The summed E-state index contributed by atoms with van der Waals surface area (Å²) in [4.78, 5) is 16.9. The van der Waals surface area contributed by atoms with Gasteiger partial charge in [-0.05, 0) is 30.3 Å². The Hall–Kier alpha value is -3.35. The van der Waals surface area contributed by atoms with Crippen LogP contribution in [0.1, 0.15) is 10.4 Å². The summed E-state index contributed by atoms with van der Waals surface area (Å²) in [5.41, 5.74) is 1.77. The van der Waals surface area contributed by atoms with Crippen molar-refractivity contribution in [2.24, 2.45) is 0 Å². The molecule has 2 aromatic heterocycles. The summed E-state index contributed by atoms with van der Waals surface area (Å²) in [5.74, 6) is 1.14. The van der Waals surface area contributed by atoms with Gasteiger partial charge in [-0.2, -0.15) is 5.10 Å². The van der Waals surface area contributed by atoms with Crippen molar-refractivity contribution in [3.8, 4) is 22.8 Å². The van der Waals surface area contributed by atoms with Gasteiger partial charge in [-0.3, -0.25) is 14.9 Å². The number of pyridine rings is 1. The van der Waals surface area contributed by atoms with Crippen molar-refractivity contribution in [1.29, 1.82) is 0 Å². The first-order valence-electron chi connectivity index (χ1n) is 7.21. The summed E-state index contributed by atoms with van der Waals surface area (Å²) in [7, 11) is 3.05. The highest BCUT2D eigenvalue weighted by Gasteiger charge is 2.17. The predicted octanol–water partition coefficient (Wildman–Crippen LogP) is 2.74. The number of aromatic amines is 1. The second-order valence-electron chi connectivity index (χ2n) is 4.89. The Morgan fingerprint density at radius 3 is 2.75 bits per heavy atom. The molecule has 122 valence electrons. The van der Waals surface area contributed by atoms with Gasteiger partial charge in [0.15, 0.2) is 0 Å². The summed E-state index contributed by atoms with van der Waals surface area (Å²) < 4.78 is 10.4. The van der Waals surface area contributed by atoms with Crippen LogP contribution in [0.2, 0.25) is 0 Å². The second kappa shape index (κ2) is 6.82. The molecule has 1 aromatic carbocycles. The Balaban J connectivity index is 1.90. The van der Waals surface area contributed by atoms with Gasteiger partial charge in [-0.1, -0.05) is 6.07 Å². The van der Waals surface area contributed by atoms with Gasteiger partial charge < -0.3 is 14.8 Å². The van der Waals surface area contributed by atoms with E-state index in [0.29, 0.717) is 34.1 Å². The lowest BCUT2D eigenvalue weighted by Crippen LogP contribution is -2.14.